The van der Waals surface area contributed by atoms with Crippen LogP contribution in [0.3, 0.4) is 0 Å². The van der Waals surface area contributed by atoms with E-state index < -0.39 is 4.92 Å². The van der Waals surface area contributed by atoms with Crippen molar-refractivity contribution in [2.45, 2.75) is 32.6 Å². The van der Waals surface area contributed by atoms with Crippen molar-refractivity contribution >= 4 is 11.6 Å². The number of hydrogen-bond acceptors (Lipinski definition) is 4. The van der Waals surface area contributed by atoms with Gasteiger partial charge < -0.3 is 9.64 Å². The molecule has 1 aliphatic rings. The molecule has 6 nitrogen and oxygen atoms in total. The first kappa shape index (κ1) is 19.9. The molecule has 0 aliphatic carbocycles. The van der Waals surface area contributed by atoms with Gasteiger partial charge >= 0.3 is 0 Å². The number of carbonyl (C=O) groups excluding carboxylic acids is 1. The van der Waals surface area contributed by atoms with E-state index in [0.717, 1.165) is 31.4 Å². The fraction of sp³-hybridized carbons (Fsp3) is 0.409. The number of piperidine rings is 1. The zero-order chi connectivity index (χ0) is 19.9. The Labute approximate surface area is 165 Å². The molecule has 0 spiro atoms. The summed E-state index contributed by atoms with van der Waals surface area (Å²) in [4.78, 5) is 25.1. The van der Waals surface area contributed by atoms with Crippen molar-refractivity contribution in [1.29, 1.82) is 0 Å². The molecule has 1 heterocycles. The summed E-state index contributed by atoms with van der Waals surface area (Å²) in [5.74, 6) is 1.23. The average molecular weight is 382 g/mol. The Balaban J connectivity index is 1.50. The minimum atomic E-state index is -0.489. The van der Waals surface area contributed by atoms with Crippen molar-refractivity contribution in [3.63, 3.8) is 0 Å². The lowest BCUT2D eigenvalue weighted by Crippen LogP contribution is -2.38. The van der Waals surface area contributed by atoms with Gasteiger partial charge in [0.25, 0.3) is 11.6 Å². The predicted molar refractivity (Wildman–Crippen MR) is 108 cm³/mol. The fourth-order valence-corrected chi connectivity index (χ4v) is 3.70. The molecule has 0 atom stereocenters. The lowest BCUT2D eigenvalue weighted by molar-refractivity contribution is -0.385. The van der Waals surface area contributed by atoms with Crippen molar-refractivity contribution in [2.75, 3.05) is 19.7 Å². The van der Waals surface area contributed by atoms with E-state index in [1.165, 1.54) is 11.6 Å². The Kier molecular flexibility index (Phi) is 6.63. The Morgan fingerprint density at radius 1 is 1.14 bits per heavy atom. The van der Waals surface area contributed by atoms with Crippen molar-refractivity contribution < 1.29 is 14.5 Å². The first-order valence-corrected chi connectivity index (χ1v) is 9.83. The van der Waals surface area contributed by atoms with Gasteiger partial charge in [0.1, 0.15) is 11.3 Å². The van der Waals surface area contributed by atoms with Crippen LogP contribution >= 0.6 is 0 Å². The van der Waals surface area contributed by atoms with Gasteiger partial charge in [-0.25, -0.2) is 0 Å². The zero-order valence-corrected chi connectivity index (χ0v) is 16.2. The standard InChI is InChI=1S/C22H26N2O4/c1-2-28-19-11-9-17(10-12-19)7-8-18-13-15-23(16-14-18)22(25)20-5-3-4-6-21(20)24(26)27/h3-6,9-12,18H,2,7-8,13-16H2,1H3. The van der Waals surface area contributed by atoms with E-state index in [-0.39, 0.29) is 17.2 Å². The maximum atomic E-state index is 12.7. The molecular weight excluding hydrogens is 356 g/mol. The van der Waals surface area contributed by atoms with E-state index in [1.807, 2.05) is 19.1 Å². The van der Waals surface area contributed by atoms with Crippen molar-refractivity contribution in [2.24, 2.45) is 5.92 Å². The van der Waals surface area contributed by atoms with E-state index in [4.69, 9.17) is 4.74 Å². The van der Waals surface area contributed by atoms with Crippen LogP contribution in [0.15, 0.2) is 48.5 Å². The van der Waals surface area contributed by atoms with Gasteiger partial charge in [-0.2, -0.15) is 0 Å². The zero-order valence-electron chi connectivity index (χ0n) is 16.2. The van der Waals surface area contributed by atoms with E-state index in [1.54, 1.807) is 23.1 Å². The highest BCUT2D eigenvalue weighted by molar-refractivity contribution is 5.98. The second-order valence-corrected chi connectivity index (χ2v) is 7.13. The van der Waals surface area contributed by atoms with Crippen LogP contribution in [-0.4, -0.2) is 35.4 Å². The van der Waals surface area contributed by atoms with Crippen LogP contribution in [-0.2, 0) is 6.42 Å². The molecule has 0 unspecified atom stereocenters. The average Bonchev–Trinajstić information content (AvgIpc) is 2.73. The number of ether oxygens (including phenoxy) is 1. The topological polar surface area (TPSA) is 72.7 Å². The number of nitro benzene ring substituents is 1. The molecule has 1 saturated heterocycles. The van der Waals surface area contributed by atoms with Crippen molar-refractivity contribution in [3.05, 3.63) is 69.8 Å². The number of nitro groups is 1. The summed E-state index contributed by atoms with van der Waals surface area (Å²) < 4.78 is 5.47. The highest BCUT2D eigenvalue weighted by Gasteiger charge is 2.27. The van der Waals surface area contributed by atoms with Crippen LogP contribution in [0.4, 0.5) is 5.69 Å². The molecule has 148 valence electrons. The van der Waals surface area contributed by atoms with Gasteiger partial charge in [0.2, 0.25) is 0 Å². The summed E-state index contributed by atoms with van der Waals surface area (Å²) in [5.41, 5.74) is 1.35. The van der Waals surface area contributed by atoms with E-state index in [9.17, 15) is 14.9 Å². The monoisotopic (exact) mass is 382 g/mol. The normalized spacial score (nSPS) is 14.7. The third-order valence-corrected chi connectivity index (χ3v) is 5.31. The Bertz CT molecular complexity index is 812. The first-order chi connectivity index (χ1) is 13.6. The molecule has 0 aromatic heterocycles. The van der Waals surface area contributed by atoms with Gasteiger partial charge in [-0.15, -0.1) is 0 Å². The maximum Gasteiger partial charge on any atom is 0.282 e. The molecule has 0 radical (unpaired) electrons. The Hall–Kier alpha value is -2.89. The molecule has 6 heteroatoms. The van der Waals surface area contributed by atoms with Gasteiger partial charge in [-0.1, -0.05) is 24.3 Å². The number of amides is 1. The largest absolute Gasteiger partial charge is 0.494 e. The number of nitrogens with zero attached hydrogens (tertiary/aromatic N) is 2. The third kappa shape index (κ3) is 4.88. The number of hydrogen-bond donors (Lipinski definition) is 0. The number of likely N-dealkylation sites (tertiary alicyclic amines) is 1. The summed E-state index contributed by atoms with van der Waals surface area (Å²) in [7, 11) is 0. The van der Waals surface area contributed by atoms with E-state index >= 15 is 0 Å². The molecule has 3 rings (SSSR count). The lowest BCUT2D eigenvalue weighted by atomic mass is 9.90. The van der Waals surface area contributed by atoms with Crippen LogP contribution in [0, 0.1) is 16.0 Å². The van der Waals surface area contributed by atoms with E-state index in [0.29, 0.717) is 25.6 Å². The second-order valence-electron chi connectivity index (χ2n) is 7.13. The van der Waals surface area contributed by atoms with Gasteiger partial charge in [0.05, 0.1) is 11.5 Å². The van der Waals surface area contributed by atoms with Crippen molar-refractivity contribution in [3.8, 4) is 5.75 Å². The number of rotatable bonds is 7. The molecule has 2 aromatic rings. The Morgan fingerprint density at radius 2 is 1.82 bits per heavy atom. The SMILES string of the molecule is CCOc1ccc(CCC2CCN(C(=O)c3ccccc3[N+](=O)[O-])CC2)cc1. The summed E-state index contributed by atoms with van der Waals surface area (Å²) >= 11 is 0. The molecule has 1 aliphatic heterocycles. The highest BCUT2D eigenvalue weighted by atomic mass is 16.6. The van der Waals surface area contributed by atoms with Crippen LogP contribution in [0.25, 0.3) is 0 Å². The minimum Gasteiger partial charge on any atom is -0.494 e. The van der Waals surface area contributed by atoms with Crippen LogP contribution in [0.1, 0.15) is 42.1 Å². The minimum absolute atomic E-state index is 0.120. The molecule has 0 saturated carbocycles. The predicted octanol–water partition coefficient (Wildman–Crippen LogP) is 4.48. The summed E-state index contributed by atoms with van der Waals surface area (Å²) in [5, 5.41) is 11.2. The van der Waals surface area contributed by atoms with Crippen LogP contribution in [0.2, 0.25) is 0 Å². The van der Waals surface area contributed by atoms with Gasteiger partial charge in [0.15, 0.2) is 0 Å². The summed E-state index contributed by atoms with van der Waals surface area (Å²) in [6.45, 7) is 3.95. The molecule has 28 heavy (non-hydrogen) atoms. The molecule has 1 amide bonds. The maximum absolute atomic E-state index is 12.7. The fourth-order valence-electron chi connectivity index (χ4n) is 3.70. The second kappa shape index (κ2) is 9.35. The smallest absolute Gasteiger partial charge is 0.282 e. The van der Waals surface area contributed by atoms with Gasteiger partial charge in [0, 0.05) is 19.2 Å². The molecule has 0 N–H and O–H groups in total. The highest BCUT2D eigenvalue weighted by Crippen LogP contribution is 2.26. The Morgan fingerprint density at radius 3 is 2.46 bits per heavy atom. The molecular formula is C22H26N2O4. The molecule has 1 fully saturated rings. The first-order valence-electron chi connectivity index (χ1n) is 9.83. The van der Waals surface area contributed by atoms with Crippen LogP contribution in [0.5, 0.6) is 5.75 Å². The summed E-state index contributed by atoms with van der Waals surface area (Å²) in [6.07, 6.45) is 3.96. The lowest BCUT2D eigenvalue weighted by Gasteiger charge is -2.32. The summed E-state index contributed by atoms with van der Waals surface area (Å²) in [6, 6.07) is 14.4. The number of carbonyl (C=O) groups is 1. The van der Waals surface area contributed by atoms with Gasteiger partial charge in [-0.3, -0.25) is 14.9 Å². The molecule has 0 bridgehead atoms. The number of para-hydroxylation sites is 1. The van der Waals surface area contributed by atoms with Gasteiger partial charge in [-0.05, 0) is 62.3 Å². The number of aryl methyl sites for hydroxylation is 1. The third-order valence-electron chi connectivity index (χ3n) is 5.31. The molecule has 2 aromatic carbocycles. The van der Waals surface area contributed by atoms with Crippen molar-refractivity contribution in [1.82, 2.24) is 4.90 Å². The van der Waals surface area contributed by atoms with E-state index in [2.05, 4.69) is 12.1 Å². The van der Waals surface area contributed by atoms with Crippen LogP contribution < -0.4 is 4.74 Å². The number of benzene rings is 2. The quantitative estimate of drug-likeness (QED) is 0.523.